The predicted octanol–water partition coefficient (Wildman–Crippen LogP) is 3.30. The molecule has 0 heterocycles. The third kappa shape index (κ3) is 2.35. The average Bonchev–Trinajstić information content (AvgIpc) is 2.68. The first-order chi connectivity index (χ1) is 7.26. The van der Waals surface area contributed by atoms with Crippen LogP contribution in [0.3, 0.4) is 0 Å². The zero-order chi connectivity index (χ0) is 10.7. The molecule has 2 nitrogen and oxygen atoms in total. The van der Waals surface area contributed by atoms with Gasteiger partial charge >= 0.3 is 5.97 Å². The molecule has 0 aromatic rings. The number of carbonyl (C=O) groups is 1. The summed E-state index contributed by atoms with van der Waals surface area (Å²) in [5.74, 6) is 0.251. The summed E-state index contributed by atoms with van der Waals surface area (Å²) in [6, 6.07) is 0. The highest BCUT2D eigenvalue weighted by molar-refractivity contribution is 5.72. The summed E-state index contributed by atoms with van der Waals surface area (Å²) < 4.78 is 5.09. The molecule has 0 bridgehead atoms. The third-order valence-corrected chi connectivity index (χ3v) is 4.33. The van der Waals surface area contributed by atoms with Gasteiger partial charge in [0.05, 0.1) is 12.5 Å². The van der Waals surface area contributed by atoms with Gasteiger partial charge in [-0.25, -0.2) is 0 Å². The molecule has 15 heavy (non-hydrogen) atoms. The first-order valence-electron chi connectivity index (χ1n) is 6.42. The van der Waals surface area contributed by atoms with Crippen molar-refractivity contribution in [2.24, 2.45) is 11.3 Å². The van der Waals surface area contributed by atoms with Crippen molar-refractivity contribution >= 4 is 5.97 Å². The molecule has 0 atom stereocenters. The molecule has 2 heteroatoms. The smallest absolute Gasteiger partial charge is 0.308 e. The van der Waals surface area contributed by atoms with E-state index in [0.717, 1.165) is 12.8 Å². The topological polar surface area (TPSA) is 26.3 Å². The molecule has 2 fully saturated rings. The normalized spacial score (nSPS) is 25.7. The summed E-state index contributed by atoms with van der Waals surface area (Å²) >= 11 is 0. The van der Waals surface area contributed by atoms with Gasteiger partial charge in [0, 0.05) is 0 Å². The van der Waals surface area contributed by atoms with Crippen molar-refractivity contribution in [2.75, 3.05) is 6.61 Å². The van der Waals surface area contributed by atoms with Crippen LogP contribution >= 0.6 is 0 Å². The molecule has 0 aliphatic heterocycles. The van der Waals surface area contributed by atoms with Gasteiger partial charge in [0.15, 0.2) is 0 Å². The van der Waals surface area contributed by atoms with Crippen molar-refractivity contribution in [3.8, 4) is 0 Å². The van der Waals surface area contributed by atoms with Gasteiger partial charge in [-0.3, -0.25) is 4.79 Å². The van der Waals surface area contributed by atoms with E-state index in [1.54, 1.807) is 0 Å². The summed E-state index contributed by atoms with van der Waals surface area (Å²) in [7, 11) is 0. The molecule has 0 aromatic heterocycles. The van der Waals surface area contributed by atoms with E-state index in [1.165, 1.54) is 38.5 Å². The standard InChI is InChI=1S/C13H22O2/c1-2-15-12(14)11-5-9-13(10-6-11)7-3-4-8-13/h11H,2-10H2,1H3. The Morgan fingerprint density at radius 2 is 1.80 bits per heavy atom. The highest BCUT2D eigenvalue weighted by Gasteiger charge is 2.39. The summed E-state index contributed by atoms with van der Waals surface area (Å²) in [4.78, 5) is 11.6. The lowest BCUT2D eigenvalue weighted by atomic mass is 9.69. The fourth-order valence-corrected chi connectivity index (χ4v) is 3.35. The maximum Gasteiger partial charge on any atom is 0.308 e. The van der Waals surface area contributed by atoms with E-state index < -0.39 is 0 Å². The van der Waals surface area contributed by atoms with Gasteiger partial charge in [-0.05, 0) is 50.9 Å². The Bertz CT molecular complexity index is 219. The second-order valence-corrected chi connectivity index (χ2v) is 5.23. The van der Waals surface area contributed by atoms with E-state index in [9.17, 15) is 4.79 Å². The first-order valence-corrected chi connectivity index (χ1v) is 6.42. The van der Waals surface area contributed by atoms with Crippen molar-refractivity contribution in [2.45, 2.75) is 58.3 Å². The Balaban J connectivity index is 1.83. The molecule has 2 rings (SSSR count). The minimum atomic E-state index is 0.0466. The lowest BCUT2D eigenvalue weighted by Crippen LogP contribution is -2.29. The largest absolute Gasteiger partial charge is 0.466 e. The van der Waals surface area contributed by atoms with Crippen LogP contribution in [0.2, 0.25) is 0 Å². The summed E-state index contributed by atoms with van der Waals surface area (Å²) in [6.07, 6.45) is 10.3. The number of hydrogen-bond acceptors (Lipinski definition) is 2. The number of esters is 1. The van der Waals surface area contributed by atoms with Crippen LogP contribution in [-0.2, 0) is 9.53 Å². The van der Waals surface area contributed by atoms with Crippen LogP contribution in [-0.4, -0.2) is 12.6 Å². The summed E-state index contributed by atoms with van der Waals surface area (Å²) in [5, 5.41) is 0. The maximum absolute atomic E-state index is 11.6. The van der Waals surface area contributed by atoms with Gasteiger partial charge in [0.1, 0.15) is 0 Å². The summed E-state index contributed by atoms with van der Waals surface area (Å²) in [5.41, 5.74) is 0.628. The van der Waals surface area contributed by atoms with Crippen LogP contribution in [0.5, 0.6) is 0 Å². The monoisotopic (exact) mass is 210 g/mol. The van der Waals surface area contributed by atoms with Gasteiger partial charge in [-0.2, -0.15) is 0 Å². The number of ether oxygens (including phenoxy) is 1. The molecule has 1 spiro atoms. The van der Waals surface area contributed by atoms with Gasteiger partial charge in [-0.15, -0.1) is 0 Å². The molecule has 0 saturated heterocycles. The minimum absolute atomic E-state index is 0.0466. The maximum atomic E-state index is 11.6. The highest BCUT2D eigenvalue weighted by atomic mass is 16.5. The van der Waals surface area contributed by atoms with E-state index in [0.29, 0.717) is 12.0 Å². The lowest BCUT2D eigenvalue weighted by molar-refractivity contribution is -0.150. The molecule has 2 aliphatic rings. The first kappa shape index (κ1) is 11.0. The molecular formula is C13H22O2. The molecule has 0 aromatic carbocycles. The van der Waals surface area contributed by atoms with Gasteiger partial charge in [0.2, 0.25) is 0 Å². The number of rotatable bonds is 2. The van der Waals surface area contributed by atoms with Crippen LogP contribution in [0.15, 0.2) is 0 Å². The molecule has 0 radical (unpaired) electrons. The predicted molar refractivity (Wildman–Crippen MR) is 59.5 cm³/mol. The Morgan fingerprint density at radius 3 is 2.33 bits per heavy atom. The lowest BCUT2D eigenvalue weighted by Gasteiger charge is -2.36. The fraction of sp³-hybridized carbons (Fsp3) is 0.923. The van der Waals surface area contributed by atoms with Crippen molar-refractivity contribution in [3.05, 3.63) is 0 Å². The zero-order valence-corrected chi connectivity index (χ0v) is 9.76. The van der Waals surface area contributed by atoms with Crippen molar-refractivity contribution in [3.63, 3.8) is 0 Å². The summed E-state index contributed by atoms with van der Waals surface area (Å²) in [6.45, 7) is 2.42. The Morgan fingerprint density at radius 1 is 1.20 bits per heavy atom. The Kier molecular flexibility index (Phi) is 3.32. The number of hydrogen-bond donors (Lipinski definition) is 0. The molecule has 0 N–H and O–H groups in total. The second-order valence-electron chi connectivity index (χ2n) is 5.23. The van der Waals surface area contributed by atoms with Gasteiger partial charge in [0.25, 0.3) is 0 Å². The molecule has 0 amide bonds. The zero-order valence-electron chi connectivity index (χ0n) is 9.76. The van der Waals surface area contributed by atoms with Crippen LogP contribution < -0.4 is 0 Å². The third-order valence-electron chi connectivity index (χ3n) is 4.33. The second kappa shape index (κ2) is 4.54. The molecule has 2 saturated carbocycles. The number of carbonyl (C=O) groups excluding carboxylic acids is 1. The quantitative estimate of drug-likeness (QED) is 0.654. The van der Waals surface area contributed by atoms with Crippen molar-refractivity contribution < 1.29 is 9.53 Å². The van der Waals surface area contributed by atoms with Crippen LogP contribution in [0, 0.1) is 11.3 Å². The van der Waals surface area contributed by atoms with Gasteiger partial charge < -0.3 is 4.74 Å². The molecule has 0 unspecified atom stereocenters. The van der Waals surface area contributed by atoms with Crippen LogP contribution in [0.1, 0.15) is 58.3 Å². The minimum Gasteiger partial charge on any atom is -0.466 e. The molecule has 86 valence electrons. The van der Waals surface area contributed by atoms with Crippen molar-refractivity contribution in [1.29, 1.82) is 0 Å². The van der Waals surface area contributed by atoms with E-state index in [1.807, 2.05) is 6.92 Å². The fourth-order valence-electron chi connectivity index (χ4n) is 3.35. The van der Waals surface area contributed by atoms with Crippen molar-refractivity contribution in [1.82, 2.24) is 0 Å². The average molecular weight is 210 g/mol. The van der Waals surface area contributed by atoms with Crippen LogP contribution in [0.4, 0.5) is 0 Å². The van der Waals surface area contributed by atoms with E-state index in [-0.39, 0.29) is 11.9 Å². The van der Waals surface area contributed by atoms with E-state index >= 15 is 0 Å². The SMILES string of the molecule is CCOC(=O)C1CCC2(CCCC2)CC1. The Hall–Kier alpha value is -0.530. The van der Waals surface area contributed by atoms with Gasteiger partial charge in [-0.1, -0.05) is 12.8 Å². The van der Waals surface area contributed by atoms with E-state index in [2.05, 4.69) is 0 Å². The highest BCUT2D eigenvalue weighted by Crippen LogP contribution is 2.50. The molecule has 2 aliphatic carbocycles. The van der Waals surface area contributed by atoms with Crippen LogP contribution in [0.25, 0.3) is 0 Å². The van der Waals surface area contributed by atoms with E-state index in [4.69, 9.17) is 4.74 Å². The molecular weight excluding hydrogens is 188 g/mol. The Labute approximate surface area is 92.4 Å².